The highest BCUT2D eigenvalue weighted by Crippen LogP contribution is 2.48. The molecule has 0 saturated heterocycles. The van der Waals surface area contributed by atoms with Crippen molar-refractivity contribution in [2.75, 3.05) is 4.90 Å². The van der Waals surface area contributed by atoms with Gasteiger partial charge in [0, 0.05) is 38.4 Å². The molecular formula is C49H32N2O3. The lowest BCUT2D eigenvalue weighted by atomic mass is 9.85. The van der Waals surface area contributed by atoms with Crippen LogP contribution in [0.15, 0.2) is 171 Å². The van der Waals surface area contributed by atoms with Gasteiger partial charge in [0.15, 0.2) is 11.2 Å². The number of hydrogen-bond acceptors (Lipinski definition) is 5. The van der Waals surface area contributed by atoms with E-state index in [1.165, 1.54) is 27.1 Å². The first kappa shape index (κ1) is 30.5. The quantitative estimate of drug-likeness (QED) is 0.168. The fourth-order valence-electron chi connectivity index (χ4n) is 8.55. The van der Waals surface area contributed by atoms with Crippen LogP contribution in [-0.4, -0.2) is 5.16 Å². The molecule has 0 unspecified atom stereocenters. The maximum Gasteiger partial charge on any atom is 0.159 e. The van der Waals surface area contributed by atoms with Crippen LogP contribution in [0, 0.1) is 13.8 Å². The van der Waals surface area contributed by atoms with Crippen LogP contribution in [0.3, 0.4) is 0 Å². The van der Waals surface area contributed by atoms with E-state index in [1.54, 1.807) is 0 Å². The number of furan rings is 2. The maximum atomic E-state index is 6.64. The topological polar surface area (TPSA) is 55.6 Å². The van der Waals surface area contributed by atoms with Gasteiger partial charge >= 0.3 is 0 Å². The Morgan fingerprint density at radius 2 is 0.852 bits per heavy atom. The summed E-state index contributed by atoms with van der Waals surface area (Å²) in [5.41, 5.74) is 11.6. The summed E-state index contributed by atoms with van der Waals surface area (Å²) in [7, 11) is 0. The van der Waals surface area contributed by atoms with Gasteiger partial charge in [0.1, 0.15) is 16.9 Å². The number of aryl methyl sites for hydroxylation is 2. The van der Waals surface area contributed by atoms with Crippen molar-refractivity contribution in [1.29, 1.82) is 0 Å². The number of rotatable bonds is 5. The monoisotopic (exact) mass is 696 g/mol. The molecule has 0 amide bonds. The molecule has 0 aliphatic carbocycles. The molecule has 0 saturated carbocycles. The van der Waals surface area contributed by atoms with Crippen LogP contribution in [0.2, 0.25) is 0 Å². The van der Waals surface area contributed by atoms with Crippen molar-refractivity contribution in [3.63, 3.8) is 0 Å². The molecule has 5 nitrogen and oxygen atoms in total. The van der Waals surface area contributed by atoms with Crippen molar-refractivity contribution in [3.8, 4) is 22.3 Å². The smallest absolute Gasteiger partial charge is 0.159 e. The molecule has 0 aliphatic rings. The minimum absolute atomic E-state index is 0.818. The van der Waals surface area contributed by atoms with Crippen LogP contribution in [0.25, 0.3) is 87.7 Å². The zero-order chi connectivity index (χ0) is 35.9. The first-order valence-corrected chi connectivity index (χ1v) is 18.2. The van der Waals surface area contributed by atoms with Gasteiger partial charge < -0.3 is 18.3 Å². The summed E-state index contributed by atoms with van der Waals surface area (Å²) in [6.45, 7) is 4.01. The van der Waals surface area contributed by atoms with E-state index < -0.39 is 0 Å². The van der Waals surface area contributed by atoms with Gasteiger partial charge in [-0.2, -0.15) is 0 Å². The molecule has 0 radical (unpaired) electrons. The van der Waals surface area contributed by atoms with E-state index in [2.05, 4.69) is 144 Å². The third kappa shape index (κ3) is 4.42. The van der Waals surface area contributed by atoms with Gasteiger partial charge in [0.05, 0.1) is 17.1 Å². The summed E-state index contributed by atoms with van der Waals surface area (Å²) < 4.78 is 19.0. The molecule has 3 heterocycles. The summed E-state index contributed by atoms with van der Waals surface area (Å²) in [6, 6.07) is 55.5. The van der Waals surface area contributed by atoms with Gasteiger partial charge in [-0.15, -0.1) is 0 Å². The van der Waals surface area contributed by atoms with Gasteiger partial charge in [0.25, 0.3) is 0 Å². The molecule has 0 bridgehead atoms. The fraction of sp³-hybridized carbons (Fsp3) is 0.0408. The Labute approximate surface area is 310 Å². The molecular weight excluding hydrogens is 665 g/mol. The van der Waals surface area contributed by atoms with Gasteiger partial charge in [-0.05, 0) is 82.9 Å². The van der Waals surface area contributed by atoms with Crippen LogP contribution in [0.1, 0.15) is 11.5 Å². The highest BCUT2D eigenvalue weighted by atomic mass is 16.5. The standard InChI is InChI=1S/C49H32N2O3/c1-29-45(30(2)54-50-29)47-37-17-5-3-15-35(37)46(36-16-4-6-18-38(36)47)31-25-27-32(28-26-31)51(41-21-11-19-39-33-13-7-9-23-43(33)52-48(39)41)42-22-12-20-40-34-14-8-10-24-44(34)53-49(40)42/h3-28H,1-2H3. The number of anilines is 3. The second kappa shape index (κ2) is 11.7. The van der Waals surface area contributed by atoms with Crippen molar-refractivity contribution in [1.82, 2.24) is 5.16 Å². The molecule has 0 atom stereocenters. The van der Waals surface area contributed by atoms with Crippen LogP contribution < -0.4 is 4.90 Å². The highest BCUT2D eigenvalue weighted by molar-refractivity contribution is 6.22. The first-order chi connectivity index (χ1) is 26.6. The van der Waals surface area contributed by atoms with E-state index >= 15 is 0 Å². The van der Waals surface area contributed by atoms with Crippen LogP contribution in [0.4, 0.5) is 17.1 Å². The molecule has 11 aromatic rings. The molecule has 0 fully saturated rings. The Hall–Kier alpha value is -7.11. The predicted molar refractivity (Wildman–Crippen MR) is 221 cm³/mol. The Kier molecular flexibility index (Phi) is 6.61. The third-order valence-corrected chi connectivity index (χ3v) is 10.9. The maximum absolute atomic E-state index is 6.64. The van der Waals surface area contributed by atoms with Crippen molar-refractivity contribution in [2.45, 2.75) is 13.8 Å². The molecule has 8 aromatic carbocycles. The van der Waals surface area contributed by atoms with E-state index in [-0.39, 0.29) is 0 Å². The van der Waals surface area contributed by atoms with Crippen molar-refractivity contribution in [2.24, 2.45) is 0 Å². The summed E-state index contributed by atoms with van der Waals surface area (Å²) in [6.07, 6.45) is 0. The number of hydrogen-bond donors (Lipinski definition) is 0. The fourth-order valence-corrected chi connectivity index (χ4v) is 8.55. The van der Waals surface area contributed by atoms with Crippen LogP contribution in [0.5, 0.6) is 0 Å². The molecule has 0 spiro atoms. The van der Waals surface area contributed by atoms with Crippen LogP contribution >= 0.6 is 0 Å². The van der Waals surface area contributed by atoms with E-state index in [1.807, 2.05) is 38.1 Å². The molecule has 11 rings (SSSR count). The van der Waals surface area contributed by atoms with Gasteiger partial charge in [-0.1, -0.05) is 126 Å². The molecule has 256 valence electrons. The Bertz CT molecular complexity index is 3060. The number of aromatic nitrogens is 1. The lowest BCUT2D eigenvalue weighted by molar-refractivity contribution is 0.393. The van der Waals surface area contributed by atoms with Crippen LogP contribution in [-0.2, 0) is 0 Å². The zero-order valence-electron chi connectivity index (χ0n) is 29.6. The molecule has 54 heavy (non-hydrogen) atoms. The van der Waals surface area contributed by atoms with E-state index in [0.717, 1.165) is 89.1 Å². The lowest BCUT2D eigenvalue weighted by Gasteiger charge is -2.26. The first-order valence-electron chi connectivity index (χ1n) is 18.2. The molecule has 0 N–H and O–H groups in total. The number of fused-ring (bicyclic) bond motifs is 8. The second-order valence-electron chi connectivity index (χ2n) is 13.9. The van der Waals surface area contributed by atoms with E-state index in [0.29, 0.717) is 0 Å². The van der Waals surface area contributed by atoms with Crippen molar-refractivity contribution < 1.29 is 13.4 Å². The average molecular weight is 697 g/mol. The Morgan fingerprint density at radius 1 is 0.407 bits per heavy atom. The predicted octanol–water partition coefficient (Wildman–Crippen LogP) is 14.2. The number of para-hydroxylation sites is 4. The largest absolute Gasteiger partial charge is 0.454 e. The molecule has 0 aliphatic heterocycles. The number of benzene rings is 8. The van der Waals surface area contributed by atoms with E-state index in [9.17, 15) is 0 Å². The Balaban J connectivity index is 1.16. The van der Waals surface area contributed by atoms with Crippen molar-refractivity contribution >= 4 is 82.5 Å². The highest BCUT2D eigenvalue weighted by Gasteiger charge is 2.25. The average Bonchev–Trinajstić information content (AvgIpc) is 3.90. The summed E-state index contributed by atoms with van der Waals surface area (Å²) in [5, 5.41) is 13.3. The zero-order valence-corrected chi connectivity index (χ0v) is 29.6. The Morgan fingerprint density at radius 3 is 1.33 bits per heavy atom. The van der Waals surface area contributed by atoms with E-state index in [4.69, 9.17) is 13.4 Å². The summed E-state index contributed by atoms with van der Waals surface area (Å²) >= 11 is 0. The van der Waals surface area contributed by atoms with Crippen molar-refractivity contribution in [3.05, 3.63) is 169 Å². The van der Waals surface area contributed by atoms with Gasteiger partial charge in [-0.3, -0.25) is 0 Å². The summed E-state index contributed by atoms with van der Waals surface area (Å²) in [4.78, 5) is 2.27. The van der Waals surface area contributed by atoms with Gasteiger partial charge in [0.2, 0.25) is 0 Å². The third-order valence-electron chi connectivity index (χ3n) is 10.9. The SMILES string of the molecule is Cc1noc(C)c1-c1c2ccccc2c(-c2ccc(N(c3cccc4c3oc3ccccc34)c3cccc4c3oc3ccccc34)cc2)c2ccccc12. The lowest BCUT2D eigenvalue weighted by Crippen LogP contribution is -2.10. The second-order valence-corrected chi connectivity index (χ2v) is 13.9. The summed E-state index contributed by atoms with van der Waals surface area (Å²) in [5.74, 6) is 0.818. The minimum atomic E-state index is 0.818. The molecule has 3 aromatic heterocycles. The molecule has 5 heteroatoms. The minimum Gasteiger partial charge on any atom is -0.454 e. The number of nitrogens with zero attached hydrogens (tertiary/aromatic N) is 2. The van der Waals surface area contributed by atoms with Gasteiger partial charge in [-0.25, -0.2) is 0 Å². The normalized spacial score (nSPS) is 11.9.